The summed E-state index contributed by atoms with van der Waals surface area (Å²) in [7, 11) is -7.20. The maximum Gasteiger partial charge on any atom is 0.318 e. The van der Waals surface area contributed by atoms with Crippen molar-refractivity contribution >= 4 is 30.0 Å². The van der Waals surface area contributed by atoms with Gasteiger partial charge in [0.05, 0.1) is 0 Å². The molecule has 7 heteroatoms. The highest BCUT2D eigenvalue weighted by Crippen LogP contribution is 2.52. The second kappa shape index (κ2) is 5.27. The van der Waals surface area contributed by atoms with Crippen molar-refractivity contribution in [2.45, 2.75) is 46.2 Å². The fourth-order valence-corrected chi connectivity index (χ4v) is 9.41. The Hall–Kier alpha value is 0.254. The second-order valence-corrected chi connectivity index (χ2v) is 17.3. The van der Waals surface area contributed by atoms with Gasteiger partial charge in [0.1, 0.15) is 11.9 Å². The van der Waals surface area contributed by atoms with Crippen molar-refractivity contribution in [3.05, 3.63) is 0 Å². The maximum absolute atomic E-state index is 12.5. The van der Waals surface area contributed by atoms with Crippen LogP contribution in [0.2, 0.25) is 39.3 Å². The number of carbonyl (C=O) groups excluding carboxylic acids is 1. The van der Waals surface area contributed by atoms with Crippen LogP contribution in [0.15, 0.2) is 0 Å². The van der Waals surface area contributed by atoms with E-state index in [2.05, 4.69) is 0 Å². The first kappa shape index (κ1) is 16.3. The fourth-order valence-electron chi connectivity index (χ4n) is 1.19. The van der Waals surface area contributed by atoms with Gasteiger partial charge in [-0.25, -0.2) is 0 Å². The average Bonchev–Trinajstić information content (AvgIpc) is 1.69. The van der Waals surface area contributed by atoms with Crippen molar-refractivity contribution in [2.24, 2.45) is 0 Å². The predicted octanol–water partition coefficient (Wildman–Crippen LogP) is 3.47. The highest BCUT2D eigenvalue weighted by Gasteiger charge is 2.37. The summed E-state index contributed by atoms with van der Waals surface area (Å²) < 4.78 is 23.7. The van der Waals surface area contributed by atoms with Gasteiger partial charge >= 0.3 is 7.60 Å². The molecule has 4 nitrogen and oxygen atoms in total. The van der Waals surface area contributed by atoms with Crippen LogP contribution in [-0.4, -0.2) is 28.6 Å². The summed E-state index contributed by atoms with van der Waals surface area (Å²) >= 11 is 0. The molecule has 0 unspecified atom stereocenters. The summed E-state index contributed by atoms with van der Waals surface area (Å²) in [6.45, 7) is 13.0. The van der Waals surface area contributed by atoms with Crippen LogP contribution in [0, 0.1) is 0 Å². The lowest BCUT2D eigenvalue weighted by Crippen LogP contribution is -2.31. The van der Waals surface area contributed by atoms with Gasteiger partial charge in [-0.2, -0.15) is 0 Å². The van der Waals surface area contributed by atoms with Gasteiger partial charge in [-0.15, -0.1) is 0 Å². The van der Waals surface area contributed by atoms with Gasteiger partial charge in [-0.05, 0) is 46.2 Å². The van der Waals surface area contributed by atoms with Crippen LogP contribution in [0.5, 0.6) is 0 Å². The van der Waals surface area contributed by atoms with E-state index in [4.69, 9.17) is 8.43 Å². The van der Waals surface area contributed by atoms with Crippen LogP contribution in [-0.2, 0) is 17.8 Å². The van der Waals surface area contributed by atoms with E-state index in [1.807, 2.05) is 39.3 Å². The largest absolute Gasteiger partial charge is 0.351 e. The summed E-state index contributed by atoms with van der Waals surface area (Å²) in [5, 5.41) is 0. The first-order valence-corrected chi connectivity index (χ1v) is 13.9. The number of hydrogen-bond acceptors (Lipinski definition) is 4. The third-order valence-electron chi connectivity index (χ3n) is 1.24. The van der Waals surface area contributed by atoms with Crippen molar-refractivity contribution in [1.82, 2.24) is 0 Å². The van der Waals surface area contributed by atoms with Crippen molar-refractivity contribution in [2.75, 3.05) is 6.16 Å². The molecule has 0 aliphatic heterocycles. The Morgan fingerprint density at radius 2 is 1.31 bits per heavy atom. The van der Waals surface area contributed by atoms with Crippen molar-refractivity contribution in [1.29, 1.82) is 0 Å². The summed E-state index contributed by atoms with van der Waals surface area (Å²) in [5.74, 6) is -0.153. The molecule has 0 fully saturated rings. The first-order chi connectivity index (χ1) is 6.83. The molecule has 0 rings (SSSR count). The molecule has 0 spiro atoms. The average molecular weight is 282 g/mol. The minimum absolute atomic E-state index is 0.110. The minimum Gasteiger partial charge on any atom is -0.351 e. The molecule has 0 N–H and O–H groups in total. The maximum atomic E-state index is 12.5. The molecule has 0 aliphatic rings. The Kier molecular flexibility index (Phi) is 5.35. The molecular formula is C9H23O4PSi2. The lowest BCUT2D eigenvalue weighted by Gasteiger charge is -2.30. The highest BCUT2D eigenvalue weighted by atomic mass is 31.2. The summed E-state index contributed by atoms with van der Waals surface area (Å²) in [5.41, 5.74) is 0. The van der Waals surface area contributed by atoms with Gasteiger partial charge in [0.2, 0.25) is 0 Å². The molecule has 0 aromatic heterocycles. The molecule has 16 heavy (non-hydrogen) atoms. The molecule has 0 heterocycles. The van der Waals surface area contributed by atoms with E-state index in [1.54, 1.807) is 0 Å². The Morgan fingerprint density at radius 3 is 1.50 bits per heavy atom. The molecule has 0 radical (unpaired) electrons. The van der Waals surface area contributed by atoms with Crippen LogP contribution >= 0.6 is 7.60 Å². The summed E-state index contributed by atoms with van der Waals surface area (Å²) in [6.07, 6.45) is -0.110. The van der Waals surface area contributed by atoms with E-state index in [1.165, 1.54) is 6.92 Å². The molecule has 0 aromatic carbocycles. The predicted molar refractivity (Wildman–Crippen MR) is 72.0 cm³/mol. The van der Waals surface area contributed by atoms with Crippen LogP contribution in [0.25, 0.3) is 0 Å². The van der Waals surface area contributed by atoms with Gasteiger partial charge in [0.15, 0.2) is 16.6 Å². The van der Waals surface area contributed by atoms with Crippen LogP contribution < -0.4 is 0 Å². The molecule has 0 saturated heterocycles. The monoisotopic (exact) mass is 282 g/mol. The molecule has 0 amide bonds. The van der Waals surface area contributed by atoms with Crippen LogP contribution in [0.3, 0.4) is 0 Å². The lowest BCUT2D eigenvalue weighted by atomic mass is 10.5. The van der Waals surface area contributed by atoms with E-state index in [0.717, 1.165) is 0 Å². The topological polar surface area (TPSA) is 52.6 Å². The van der Waals surface area contributed by atoms with E-state index >= 15 is 0 Å². The van der Waals surface area contributed by atoms with E-state index in [9.17, 15) is 9.36 Å². The SMILES string of the molecule is CC(=O)CP(=O)(O[Si](C)(C)C)O[Si](C)(C)C. The van der Waals surface area contributed by atoms with Gasteiger partial charge in [0, 0.05) is 0 Å². The van der Waals surface area contributed by atoms with Crippen molar-refractivity contribution in [3.8, 4) is 0 Å². The number of hydrogen-bond donors (Lipinski definition) is 0. The molecule has 0 atom stereocenters. The summed E-state index contributed by atoms with van der Waals surface area (Å²) in [6, 6.07) is 0. The number of rotatable bonds is 6. The zero-order valence-electron chi connectivity index (χ0n) is 11.3. The van der Waals surface area contributed by atoms with E-state index in [0.29, 0.717) is 0 Å². The molecule has 0 aromatic rings. The molecule has 0 saturated carbocycles. The highest BCUT2D eigenvalue weighted by molar-refractivity contribution is 7.58. The molecule has 0 aliphatic carbocycles. The lowest BCUT2D eigenvalue weighted by molar-refractivity contribution is -0.114. The van der Waals surface area contributed by atoms with Gasteiger partial charge in [0.25, 0.3) is 0 Å². The number of carbonyl (C=O) groups is 1. The van der Waals surface area contributed by atoms with Gasteiger partial charge in [-0.1, -0.05) is 0 Å². The second-order valence-electron chi connectivity index (χ2n) is 5.88. The van der Waals surface area contributed by atoms with Crippen molar-refractivity contribution in [3.63, 3.8) is 0 Å². The van der Waals surface area contributed by atoms with Crippen LogP contribution in [0.4, 0.5) is 0 Å². The third kappa shape index (κ3) is 8.41. The van der Waals surface area contributed by atoms with Crippen LogP contribution in [0.1, 0.15) is 6.92 Å². The molecular weight excluding hydrogens is 259 g/mol. The van der Waals surface area contributed by atoms with E-state index < -0.39 is 24.2 Å². The molecule has 0 bridgehead atoms. The number of ketones is 1. The van der Waals surface area contributed by atoms with Gasteiger partial charge < -0.3 is 8.43 Å². The first-order valence-electron chi connectivity index (χ1n) is 5.33. The minimum atomic E-state index is -3.24. The van der Waals surface area contributed by atoms with E-state index in [-0.39, 0.29) is 11.9 Å². The zero-order chi connectivity index (χ0) is 13.2. The fraction of sp³-hybridized carbons (Fsp3) is 0.889. The normalized spacial score (nSPS) is 13.9. The quantitative estimate of drug-likeness (QED) is 0.553. The Bertz CT molecular complexity index is 284. The van der Waals surface area contributed by atoms with Crippen molar-refractivity contribution < 1.29 is 17.8 Å². The molecule has 96 valence electrons. The smallest absolute Gasteiger partial charge is 0.318 e. The zero-order valence-corrected chi connectivity index (χ0v) is 14.2. The Morgan fingerprint density at radius 1 is 1.00 bits per heavy atom. The Labute approximate surface area is 101 Å². The standard InChI is InChI=1S/C9H23O4PSi2/c1-9(10)8-14(11,12-15(2,3)4)13-16(5,6)7/h8H2,1-7H3. The Balaban J connectivity index is 4.90. The number of Topliss-reactive ketones (excluding diaryl/α,β-unsaturated/α-hetero) is 1. The van der Waals surface area contributed by atoms with Gasteiger partial charge in [-0.3, -0.25) is 9.36 Å². The third-order valence-corrected chi connectivity index (χ3v) is 8.68. The summed E-state index contributed by atoms with van der Waals surface area (Å²) in [4.78, 5) is 11.1.